The van der Waals surface area contributed by atoms with E-state index in [4.69, 9.17) is 5.73 Å². The van der Waals surface area contributed by atoms with Crippen LogP contribution >= 0.6 is 0 Å². The van der Waals surface area contributed by atoms with Crippen LogP contribution in [0, 0.1) is 10.1 Å². The van der Waals surface area contributed by atoms with Crippen LogP contribution < -0.4 is 11.1 Å². The Hall–Kier alpha value is -2.90. The quantitative estimate of drug-likeness (QED) is 0.609. The number of amides is 1. The first kappa shape index (κ1) is 14.5. The molecule has 1 amide bonds. The maximum Gasteiger partial charge on any atom is 0.292 e. The monoisotopic (exact) mass is 289 g/mol. The zero-order valence-corrected chi connectivity index (χ0v) is 11.4. The number of aryl methyl sites for hydroxylation is 1. The van der Waals surface area contributed by atoms with Crippen LogP contribution in [-0.2, 0) is 13.5 Å². The minimum Gasteiger partial charge on any atom is -0.379 e. The smallest absolute Gasteiger partial charge is 0.292 e. The van der Waals surface area contributed by atoms with Gasteiger partial charge in [-0.2, -0.15) is 5.10 Å². The molecule has 110 valence electrons. The van der Waals surface area contributed by atoms with Crippen LogP contribution in [0.4, 0.5) is 11.4 Å². The largest absolute Gasteiger partial charge is 0.379 e. The summed E-state index contributed by atoms with van der Waals surface area (Å²) in [4.78, 5) is 21.6. The SMILES string of the molecule is Cn1nccc1CCNc1cc(C(N)=O)ccc1[N+](=O)[O-]. The molecule has 0 unspecified atom stereocenters. The van der Waals surface area contributed by atoms with E-state index in [0.717, 1.165) is 5.69 Å². The highest BCUT2D eigenvalue weighted by Crippen LogP contribution is 2.25. The van der Waals surface area contributed by atoms with E-state index < -0.39 is 10.8 Å². The zero-order chi connectivity index (χ0) is 15.4. The number of carbonyl (C=O) groups is 1. The molecule has 0 saturated carbocycles. The molecule has 21 heavy (non-hydrogen) atoms. The number of primary amides is 1. The topological polar surface area (TPSA) is 116 Å². The van der Waals surface area contributed by atoms with Gasteiger partial charge in [0, 0.05) is 43.5 Å². The molecular formula is C13H15N5O3. The van der Waals surface area contributed by atoms with Crippen LogP contribution in [0.25, 0.3) is 0 Å². The fourth-order valence-corrected chi connectivity index (χ4v) is 1.96. The van der Waals surface area contributed by atoms with Crippen molar-refractivity contribution >= 4 is 17.3 Å². The molecule has 0 aliphatic rings. The summed E-state index contributed by atoms with van der Waals surface area (Å²) in [6.45, 7) is 0.475. The number of hydrogen-bond donors (Lipinski definition) is 2. The number of nitro benzene ring substituents is 1. The Morgan fingerprint density at radius 3 is 2.81 bits per heavy atom. The maximum absolute atomic E-state index is 11.2. The number of nitro groups is 1. The van der Waals surface area contributed by atoms with E-state index >= 15 is 0 Å². The van der Waals surface area contributed by atoms with E-state index in [1.54, 1.807) is 10.9 Å². The van der Waals surface area contributed by atoms with E-state index in [-0.39, 0.29) is 16.9 Å². The van der Waals surface area contributed by atoms with Crippen molar-refractivity contribution in [3.63, 3.8) is 0 Å². The lowest BCUT2D eigenvalue weighted by molar-refractivity contribution is -0.384. The van der Waals surface area contributed by atoms with Crippen molar-refractivity contribution in [3.05, 3.63) is 51.8 Å². The molecule has 8 nitrogen and oxygen atoms in total. The Labute approximate surface area is 120 Å². The molecule has 8 heteroatoms. The molecular weight excluding hydrogens is 274 g/mol. The highest BCUT2D eigenvalue weighted by molar-refractivity contribution is 5.94. The molecule has 2 rings (SSSR count). The Morgan fingerprint density at radius 1 is 1.48 bits per heavy atom. The Bertz CT molecular complexity index is 680. The van der Waals surface area contributed by atoms with Gasteiger partial charge in [-0.15, -0.1) is 0 Å². The number of nitrogens with zero attached hydrogens (tertiary/aromatic N) is 3. The second-order valence-electron chi connectivity index (χ2n) is 4.48. The van der Waals surface area contributed by atoms with Crippen molar-refractivity contribution in [1.82, 2.24) is 9.78 Å². The van der Waals surface area contributed by atoms with Gasteiger partial charge in [-0.25, -0.2) is 0 Å². The lowest BCUT2D eigenvalue weighted by Gasteiger charge is -2.08. The van der Waals surface area contributed by atoms with Gasteiger partial charge >= 0.3 is 0 Å². The van der Waals surface area contributed by atoms with E-state index in [0.29, 0.717) is 13.0 Å². The van der Waals surface area contributed by atoms with Gasteiger partial charge < -0.3 is 11.1 Å². The van der Waals surface area contributed by atoms with Crippen molar-refractivity contribution in [1.29, 1.82) is 0 Å². The van der Waals surface area contributed by atoms with E-state index in [1.165, 1.54) is 18.2 Å². The molecule has 1 aromatic carbocycles. The van der Waals surface area contributed by atoms with Gasteiger partial charge in [0.2, 0.25) is 5.91 Å². The minimum absolute atomic E-state index is 0.0926. The number of hydrogen-bond acceptors (Lipinski definition) is 5. The maximum atomic E-state index is 11.2. The second-order valence-corrected chi connectivity index (χ2v) is 4.48. The average Bonchev–Trinajstić information content (AvgIpc) is 2.84. The first-order valence-corrected chi connectivity index (χ1v) is 6.28. The number of nitrogens with one attached hydrogen (secondary N) is 1. The van der Waals surface area contributed by atoms with Crippen molar-refractivity contribution < 1.29 is 9.72 Å². The van der Waals surface area contributed by atoms with E-state index in [9.17, 15) is 14.9 Å². The first-order valence-electron chi connectivity index (χ1n) is 6.28. The van der Waals surface area contributed by atoms with Gasteiger partial charge in [0.25, 0.3) is 5.69 Å². The third-order valence-electron chi connectivity index (χ3n) is 3.10. The molecule has 0 aliphatic heterocycles. The summed E-state index contributed by atoms with van der Waals surface area (Å²) in [5.41, 5.74) is 6.59. The fraction of sp³-hybridized carbons (Fsp3) is 0.231. The molecule has 0 aliphatic carbocycles. The predicted octanol–water partition coefficient (Wildman–Crippen LogP) is 1.08. The molecule has 0 spiro atoms. The number of carbonyl (C=O) groups excluding carboxylic acids is 1. The summed E-state index contributed by atoms with van der Waals surface area (Å²) in [7, 11) is 1.82. The van der Waals surface area contributed by atoms with Crippen LogP contribution in [0.5, 0.6) is 0 Å². The van der Waals surface area contributed by atoms with Crippen LogP contribution in [0.1, 0.15) is 16.1 Å². The van der Waals surface area contributed by atoms with E-state index in [2.05, 4.69) is 10.4 Å². The van der Waals surface area contributed by atoms with Crippen LogP contribution in [0.2, 0.25) is 0 Å². The molecule has 1 heterocycles. The predicted molar refractivity (Wildman–Crippen MR) is 77.0 cm³/mol. The molecule has 0 atom stereocenters. The molecule has 0 saturated heterocycles. The zero-order valence-electron chi connectivity index (χ0n) is 11.4. The average molecular weight is 289 g/mol. The third-order valence-corrected chi connectivity index (χ3v) is 3.10. The van der Waals surface area contributed by atoms with Crippen molar-refractivity contribution in [3.8, 4) is 0 Å². The van der Waals surface area contributed by atoms with Crippen molar-refractivity contribution in [2.45, 2.75) is 6.42 Å². The van der Waals surface area contributed by atoms with Gasteiger partial charge in [0.1, 0.15) is 5.69 Å². The number of rotatable bonds is 6. The van der Waals surface area contributed by atoms with Gasteiger partial charge in [-0.05, 0) is 18.2 Å². The van der Waals surface area contributed by atoms with Crippen LogP contribution in [0.15, 0.2) is 30.5 Å². The summed E-state index contributed by atoms with van der Waals surface area (Å²) < 4.78 is 1.73. The Balaban J connectivity index is 2.13. The number of nitrogens with two attached hydrogens (primary N) is 1. The van der Waals surface area contributed by atoms with E-state index in [1.807, 2.05) is 13.1 Å². The van der Waals surface area contributed by atoms with Crippen molar-refractivity contribution in [2.75, 3.05) is 11.9 Å². The molecule has 0 radical (unpaired) electrons. The summed E-state index contributed by atoms with van der Waals surface area (Å²) in [5.74, 6) is -0.625. The summed E-state index contributed by atoms with van der Waals surface area (Å²) in [5, 5.41) is 18.0. The number of anilines is 1. The molecule has 0 fully saturated rings. The van der Waals surface area contributed by atoms with Gasteiger partial charge in [-0.1, -0.05) is 0 Å². The van der Waals surface area contributed by atoms with Crippen molar-refractivity contribution in [2.24, 2.45) is 12.8 Å². The van der Waals surface area contributed by atoms with Gasteiger partial charge in [0.15, 0.2) is 0 Å². The molecule has 3 N–H and O–H groups in total. The number of aromatic nitrogens is 2. The normalized spacial score (nSPS) is 10.3. The summed E-state index contributed by atoms with van der Waals surface area (Å²) in [6, 6.07) is 5.87. The molecule has 2 aromatic rings. The summed E-state index contributed by atoms with van der Waals surface area (Å²) >= 11 is 0. The Kier molecular flexibility index (Phi) is 4.17. The fourth-order valence-electron chi connectivity index (χ4n) is 1.96. The van der Waals surface area contributed by atoms with Crippen LogP contribution in [0.3, 0.4) is 0 Å². The second kappa shape index (κ2) is 6.04. The van der Waals surface area contributed by atoms with Gasteiger partial charge in [0.05, 0.1) is 4.92 Å². The minimum atomic E-state index is -0.625. The first-order chi connectivity index (χ1) is 9.99. The van der Waals surface area contributed by atoms with Gasteiger partial charge in [-0.3, -0.25) is 19.6 Å². The summed E-state index contributed by atoms with van der Waals surface area (Å²) in [6.07, 6.45) is 2.33. The highest BCUT2D eigenvalue weighted by atomic mass is 16.6. The third kappa shape index (κ3) is 3.35. The highest BCUT2D eigenvalue weighted by Gasteiger charge is 2.15. The Morgan fingerprint density at radius 2 is 2.24 bits per heavy atom. The lowest BCUT2D eigenvalue weighted by Crippen LogP contribution is -2.13. The number of benzene rings is 1. The molecule has 1 aromatic heterocycles. The van der Waals surface area contributed by atoms with Crippen LogP contribution in [-0.4, -0.2) is 27.2 Å². The lowest BCUT2D eigenvalue weighted by atomic mass is 10.1. The standard InChI is InChI=1S/C13H15N5O3/c1-17-10(5-7-16-17)4-6-15-11-8-9(13(14)19)2-3-12(11)18(20)21/h2-3,5,7-8,15H,4,6H2,1H3,(H2,14,19). The molecule has 0 bridgehead atoms.